The molecule has 1 aromatic carbocycles. The molecule has 2 unspecified atom stereocenters. The molecule has 0 fully saturated rings. The van der Waals surface area contributed by atoms with Crippen molar-refractivity contribution in [3.63, 3.8) is 0 Å². The molecule has 114 valence electrons. The van der Waals surface area contributed by atoms with Crippen LogP contribution in [-0.2, 0) is 15.9 Å². The number of hydrogen-bond acceptors (Lipinski definition) is 4. The third-order valence-corrected chi connectivity index (χ3v) is 3.29. The van der Waals surface area contributed by atoms with Crippen molar-refractivity contribution < 1.29 is 14.2 Å². The molecule has 1 rings (SSSR count). The maximum Gasteiger partial charge on any atom is 0.119 e. The molecule has 4 nitrogen and oxygen atoms in total. The Bertz CT molecular complexity index is 370. The van der Waals surface area contributed by atoms with Crippen molar-refractivity contribution in [2.24, 2.45) is 11.7 Å². The molecule has 0 aromatic heterocycles. The zero-order chi connectivity index (χ0) is 14.8. The zero-order valence-corrected chi connectivity index (χ0v) is 12.8. The van der Waals surface area contributed by atoms with Crippen LogP contribution in [0.25, 0.3) is 0 Å². The quantitative estimate of drug-likeness (QED) is 0.668. The molecule has 0 aliphatic heterocycles. The lowest BCUT2D eigenvalue weighted by Crippen LogP contribution is -2.33. The number of ether oxygens (including phenoxy) is 3. The second-order valence-electron chi connectivity index (χ2n) is 5.14. The Labute approximate surface area is 122 Å². The first-order valence-corrected chi connectivity index (χ1v) is 7.12. The summed E-state index contributed by atoms with van der Waals surface area (Å²) in [5.74, 6) is 1.23. The predicted molar refractivity (Wildman–Crippen MR) is 81.1 cm³/mol. The van der Waals surface area contributed by atoms with Crippen LogP contribution in [0, 0.1) is 5.92 Å². The van der Waals surface area contributed by atoms with Gasteiger partial charge in [-0.3, -0.25) is 0 Å². The van der Waals surface area contributed by atoms with Gasteiger partial charge in [-0.25, -0.2) is 0 Å². The molecule has 1 aromatic rings. The molecular weight excluding hydrogens is 254 g/mol. The molecule has 2 atom stereocenters. The maximum absolute atomic E-state index is 6.19. The maximum atomic E-state index is 6.19. The average Bonchev–Trinajstić information content (AvgIpc) is 2.44. The smallest absolute Gasteiger partial charge is 0.119 e. The van der Waals surface area contributed by atoms with E-state index in [1.807, 2.05) is 12.1 Å². The standard InChI is InChI=1S/C16H27NO3/c1-13(12-19-3)16(17)11-14-6-4-7-15(10-14)20-9-5-8-18-2/h4,6-7,10,13,16H,5,8-9,11-12,17H2,1-3H3. The fraction of sp³-hybridized carbons (Fsp3) is 0.625. The molecule has 0 aliphatic rings. The van der Waals surface area contributed by atoms with Crippen molar-refractivity contribution in [1.82, 2.24) is 0 Å². The van der Waals surface area contributed by atoms with Crippen LogP contribution in [0.3, 0.4) is 0 Å². The molecule has 0 amide bonds. The lowest BCUT2D eigenvalue weighted by atomic mass is 9.96. The van der Waals surface area contributed by atoms with Crippen molar-refractivity contribution in [3.05, 3.63) is 29.8 Å². The van der Waals surface area contributed by atoms with E-state index in [1.165, 1.54) is 5.56 Å². The van der Waals surface area contributed by atoms with Crippen LogP contribution in [0.1, 0.15) is 18.9 Å². The summed E-state index contributed by atoms with van der Waals surface area (Å²) in [7, 11) is 3.40. The van der Waals surface area contributed by atoms with Gasteiger partial charge in [0.25, 0.3) is 0 Å². The van der Waals surface area contributed by atoms with Crippen LogP contribution >= 0.6 is 0 Å². The van der Waals surface area contributed by atoms with Crippen LogP contribution in [0.15, 0.2) is 24.3 Å². The second kappa shape index (κ2) is 9.75. The fourth-order valence-corrected chi connectivity index (χ4v) is 2.02. The highest BCUT2D eigenvalue weighted by atomic mass is 16.5. The van der Waals surface area contributed by atoms with Crippen molar-refractivity contribution in [3.8, 4) is 5.75 Å². The van der Waals surface area contributed by atoms with E-state index < -0.39 is 0 Å². The van der Waals surface area contributed by atoms with Crippen molar-refractivity contribution in [1.29, 1.82) is 0 Å². The van der Waals surface area contributed by atoms with Crippen molar-refractivity contribution in [2.45, 2.75) is 25.8 Å². The summed E-state index contributed by atoms with van der Waals surface area (Å²) in [5.41, 5.74) is 7.39. The molecule has 0 spiro atoms. The second-order valence-corrected chi connectivity index (χ2v) is 5.14. The van der Waals surface area contributed by atoms with E-state index in [1.54, 1.807) is 14.2 Å². The van der Waals surface area contributed by atoms with Gasteiger partial charge < -0.3 is 19.9 Å². The molecule has 20 heavy (non-hydrogen) atoms. The van der Waals surface area contributed by atoms with E-state index in [0.29, 0.717) is 19.1 Å². The highest BCUT2D eigenvalue weighted by Gasteiger charge is 2.13. The normalized spacial score (nSPS) is 14.0. The summed E-state index contributed by atoms with van der Waals surface area (Å²) in [6, 6.07) is 8.22. The van der Waals surface area contributed by atoms with Gasteiger partial charge in [-0.1, -0.05) is 19.1 Å². The Morgan fingerprint density at radius 1 is 1.15 bits per heavy atom. The van der Waals surface area contributed by atoms with Crippen LogP contribution < -0.4 is 10.5 Å². The molecule has 0 saturated heterocycles. The van der Waals surface area contributed by atoms with Gasteiger partial charge in [0.15, 0.2) is 0 Å². The number of nitrogens with two attached hydrogens (primary N) is 1. The van der Waals surface area contributed by atoms with Gasteiger partial charge in [0.1, 0.15) is 5.75 Å². The summed E-state index contributed by atoms with van der Waals surface area (Å²) in [6.07, 6.45) is 1.73. The first kappa shape index (κ1) is 17.0. The van der Waals surface area contributed by atoms with E-state index in [2.05, 4.69) is 19.1 Å². The highest BCUT2D eigenvalue weighted by Crippen LogP contribution is 2.16. The lowest BCUT2D eigenvalue weighted by molar-refractivity contribution is 0.147. The van der Waals surface area contributed by atoms with E-state index in [9.17, 15) is 0 Å². The topological polar surface area (TPSA) is 53.7 Å². The highest BCUT2D eigenvalue weighted by molar-refractivity contribution is 5.29. The summed E-state index contributed by atoms with van der Waals surface area (Å²) >= 11 is 0. The van der Waals surface area contributed by atoms with Crippen molar-refractivity contribution >= 4 is 0 Å². The summed E-state index contributed by atoms with van der Waals surface area (Å²) in [4.78, 5) is 0. The minimum Gasteiger partial charge on any atom is -0.493 e. The van der Waals surface area contributed by atoms with Gasteiger partial charge in [-0.2, -0.15) is 0 Å². The van der Waals surface area contributed by atoms with Gasteiger partial charge >= 0.3 is 0 Å². The number of hydrogen-bond donors (Lipinski definition) is 1. The van der Waals surface area contributed by atoms with Gasteiger partial charge in [-0.05, 0) is 30.0 Å². The molecular formula is C16H27NO3. The van der Waals surface area contributed by atoms with Gasteiger partial charge in [0, 0.05) is 33.3 Å². The number of methoxy groups -OCH3 is 2. The van der Waals surface area contributed by atoms with Crippen LogP contribution in [-0.4, -0.2) is 40.1 Å². The monoisotopic (exact) mass is 281 g/mol. The Balaban J connectivity index is 2.46. The van der Waals surface area contributed by atoms with E-state index in [-0.39, 0.29) is 6.04 Å². The summed E-state index contributed by atoms with van der Waals surface area (Å²) in [5, 5.41) is 0. The molecule has 0 radical (unpaired) electrons. The Kier molecular flexibility index (Phi) is 8.26. The van der Waals surface area contributed by atoms with E-state index in [4.69, 9.17) is 19.9 Å². The fourth-order valence-electron chi connectivity index (χ4n) is 2.02. The first-order chi connectivity index (χ1) is 9.67. The molecule has 0 heterocycles. The number of rotatable bonds is 10. The van der Waals surface area contributed by atoms with Crippen LogP contribution in [0.4, 0.5) is 0 Å². The number of benzene rings is 1. The van der Waals surface area contributed by atoms with E-state index in [0.717, 1.165) is 25.2 Å². The Morgan fingerprint density at radius 2 is 1.95 bits per heavy atom. The molecule has 0 saturated carbocycles. The lowest BCUT2D eigenvalue weighted by Gasteiger charge is -2.19. The molecule has 4 heteroatoms. The van der Waals surface area contributed by atoms with Gasteiger partial charge in [0.2, 0.25) is 0 Å². The third kappa shape index (κ3) is 6.37. The minimum absolute atomic E-state index is 0.0960. The SMILES string of the molecule is COCCCOc1cccc(CC(N)C(C)COC)c1. The zero-order valence-electron chi connectivity index (χ0n) is 12.8. The molecule has 0 aliphatic carbocycles. The largest absolute Gasteiger partial charge is 0.493 e. The first-order valence-electron chi connectivity index (χ1n) is 7.12. The summed E-state index contributed by atoms with van der Waals surface area (Å²) < 4.78 is 15.8. The van der Waals surface area contributed by atoms with Crippen LogP contribution in [0.5, 0.6) is 5.75 Å². The Morgan fingerprint density at radius 3 is 2.65 bits per heavy atom. The average molecular weight is 281 g/mol. The van der Waals surface area contributed by atoms with Gasteiger partial charge in [-0.15, -0.1) is 0 Å². The molecule has 2 N–H and O–H groups in total. The van der Waals surface area contributed by atoms with Crippen LogP contribution in [0.2, 0.25) is 0 Å². The Hall–Kier alpha value is -1.10. The summed E-state index contributed by atoms with van der Waals surface area (Å²) in [6.45, 7) is 4.19. The minimum atomic E-state index is 0.0960. The predicted octanol–water partition coefficient (Wildman–Crippen LogP) is 2.25. The third-order valence-electron chi connectivity index (χ3n) is 3.29. The molecule has 0 bridgehead atoms. The van der Waals surface area contributed by atoms with Gasteiger partial charge in [0.05, 0.1) is 13.2 Å². The van der Waals surface area contributed by atoms with E-state index >= 15 is 0 Å². The van der Waals surface area contributed by atoms with Crippen molar-refractivity contribution in [2.75, 3.05) is 34.0 Å².